The highest BCUT2D eigenvalue weighted by Crippen LogP contribution is 2.24. The minimum Gasteiger partial charge on any atom is -0.439 e. The first-order valence-electron chi connectivity index (χ1n) is 4.82. The van der Waals surface area contributed by atoms with Gasteiger partial charge in [-0.05, 0) is 12.1 Å². The van der Waals surface area contributed by atoms with Crippen LogP contribution in [0.2, 0.25) is 5.02 Å². The Balaban J connectivity index is 2.22. The van der Waals surface area contributed by atoms with Crippen LogP contribution in [-0.4, -0.2) is 17.0 Å². The van der Waals surface area contributed by atoms with Crippen LogP contribution in [0.25, 0.3) is 0 Å². The van der Waals surface area contributed by atoms with Gasteiger partial charge in [0.2, 0.25) is 5.88 Å². The van der Waals surface area contributed by atoms with E-state index in [0.29, 0.717) is 17.4 Å². The zero-order chi connectivity index (χ0) is 12.3. The van der Waals surface area contributed by atoms with E-state index in [4.69, 9.17) is 16.3 Å². The van der Waals surface area contributed by atoms with Crippen molar-refractivity contribution >= 4 is 17.4 Å². The normalized spacial score (nSPS) is 10.1. The van der Waals surface area contributed by atoms with Crippen molar-refractivity contribution in [1.29, 1.82) is 0 Å². The van der Waals surface area contributed by atoms with E-state index in [1.807, 2.05) is 0 Å². The fourth-order valence-corrected chi connectivity index (χ4v) is 1.31. The first-order chi connectivity index (χ1) is 8.19. The molecule has 1 aromatic carbocycles. The standard InChI is InChI=1S/C11H9ClFN3O/c1-14-10-5-11(16-6-15-10)17-7-2-3-8(12)9(13)4-7/h2-6H,1H3,(H,14,15,16). The molecule has 2 rings (SSSR count). The molecule has 4 nitrogen and oxygen atoms in total. The maximum absolute atomic E-state index is 13.2. The van der Waals surface area contributed by atoms with Crippen molar-refractivity contribution in [2.24, 2.45) is 0 Å². The maximum Gasteiger partial charge on any atom is 0.224 e. The zero-order valence-corrected chi connectivity index (χ0v) is 9.70. The summed E-state index contributed by atoms with van der Waals surface area (Å²) in [5, 5.41) is 2.90. The molecule has 0 saturated heterocycles. The van der Waals surface area contributed by atoms with Crippen LogP contribution in [0.15, 0.2) is 30.6 Å². The third-order valence-electron chi connectivity index (χ3n) is 2.01. The van der Waals surface area contributed by atoms with Crippen molar-refractivity contribution in [2.75, 3.05) is 12.4 Å². The Morgan fingerprint density at radius 1 is 1.29 bits per heavy atom. The molecule has 1 N–H and O–H groups in total. The predicted octanol–water partition coefficient (Wildman–Crippen LogP) is 3.10. The second-order valence-electron chi connectivity index (χ2n) is 3.17. The average Bonchev–Trinajstić information content (AvgIpc) is 2.34. The predicted molar refractivity (Wildman–Crippen MR) is 63.1 cm³/mol. The first-order valence-corrected chi connectivity index (χ1v) is 5.19. The van der Waals surface area contributed by atoms with Crippen molar-refractivity contribution in [3.05, 3.63) is 41.4 Å². The summed E-state index contributed by atoms with van der Waals surface area (Å²) in [6.45, 7) is 0. The molecular formula is C11H9ClFN3O. The number of hydrogen-bond acceptors (Lipinski definition) is 4. The molecule has 0 aliphatic carbocycles. The molecular weight excluding hydrogens is 245 g/mol. The summed E-state index contributed by atoms with van der Waals surface area (Å²) in [6.07, 6.45) is 1.35. The van der Waals surface area contributed by atoms with Crippen LogP contribution < -0.4 is 10.1 Å². The lowest BCUT2D eigenvalue weighted by Crippen LogP contribution is -1.95. The largest absolute Gasteiger partial charge is 0.439 e. The number of halogens is 2. The van der Waals surface area contributed by atoms with Crippen molar-refractivity contribution < 1.29 is 9.13 Å². The van der Waals surface area contributed by atoms with Gasteiger partial charge in [-0.25, -0.2) is 14.4 Å². The summed E-state index contributed by atoms with van der Waals surface area (Å²) in [4.78, 5) is 7.84. The lowest BCUT2D eigenvalue weighted by molar-refractivity contribution is 0.457. The molecule has 0 unspecified atom stereocenters. The Morgan fingerprint density at radius 3 is 2.82 bits per heavy atom. The van der Waals surface area contributed by atoms with E-state index in [0.717, 1.165) is 0 Å². The minimum atomic E-state index is -0.535. The molecule has 0 fully saturated rings. The molecule has 88 valence electrons. The molecule has 0 radical (unpaired) electrons. The van der Waals surface area contributed by atoms with Gasteiger partial charge in [-0.1, -0.05) is 11.6 Å². The summed E-state index contributed by atoms with van der Waals surface area (Å²) in [6, 6.07) is 5.79. The fourth-order valence-electron chi connectivity index (χ4n) is 1.19. The van der Waals surface area contributed by atoms with Gasteiger partial charge in [-0.3, -0.25) is 0 Å². The Bertz CT molecular complexity index is 536. The summed E-state index contributed by atoms with van der Waals surface area (Å²) in [5.41, 5.74) is 0. The van der Waals surface area contributed by atoms with E-state index in [9.17, 15) is 4.39 Å². The summed E-state index contributed by atoms with van der Waals surface area (Å²) >= 11 is 5.57. The molecule has 0 aliphatic heterocycles. The Labute approximate surface area is 102 Å². The van der Waals surface area contributed by atoms with Crippen LogP contribution in [-0.2, 0) is 0 Å². The van der Waals surface area contributed by atoms with Crippen molar-refractivity contribution in [2.45, 2.75) is 0 Å². The molecule has 0 bridgehead atoms. The van der Waals surface area contributed by atoms with E-state index >= 15 is 0 Å². The summed E-state index contributed by atoms with van der Waals surface area (Å²) < 4.78 is 18.5. The van der Waals surface area contributed by atoms with Crippen LogP contribution >= 0.6 is 11.6 Å². The molecule has 6 heteroatoms. The van der Waals surface area contributed by atoms with Crippen LogP contribution in [0, 0.1) is 5.82 Å². The minimum absolute atomic E-state index is 0.0518. The molecule has 2 aromatic rings. The second-order valence-corrected chi connectivity index (χ2v) is 3.58. The van der Waals surface area contributed by atoms with Gasteiger partial charge in [0.15, 0.2) is 0 Å². The Hall–Kier alpha value is -1.88. The van der Waals surface area contributed by atoms with Gasteiger partial charge in [-0.15, -0.1) is 0 Å². The summed E-state index contributed by atoms with van der Waals surface area (Å²) in [5.74, 6) is 0.732. The van der Waals surface area contributed by atoms with E-state index in [2.05, 4.69) is 15.3 Å². The molecule has 0 atom stereocenters. The monoisotopic (exact) mass is 253 g/mol. The van der Waals surface area contributed by atoms with Crippen molar-refractivity contribution in [3.63, 3.8) is 0 Å². The molecule has 0 saturated carbocycles. The number of hydrogen-bond donors (Lipinski definition) is 1. The Morgan fingerprint density at radius 2 is 2.12 bits per heavy atom. The smallest absolute Gasteiger partial charge is 0.224 e. The van der Waals surface area contributed by atoms with E-state index in [-0.39, 0.29) is 5.02 Å². The third kappa shape index (κ3) is 2.82. The number of ether oxygens (including phenoxy) is 1. The zero-order valence-electron chi connectivity index (χ0n) is 8.95. The molecule has 0 aliphatic rings. The Kier molecular flexibility index (Phi) is 3.39. The number of nitrogens with zero attached hydrogens (tertiary/aromatic N) is 2. The van der Waals surface area contributed by atoms with Gasteiger partial charge < -0.3 is 10.1 Å². The number of nitrogens with one attached hydrogen (secondary N) is 1. The lowest BCUT2D eigenvalue weighted by Gasteiger charge is -2.06. The van der Waals surface area contributed by atoms with Crippen LogP contribution in [0.1, 0.15) is 0 Å². The van der Waals surface area contributed by atoms with Crippen LogP contribution in [0.5, 0.6) is 11.6 Å². The van der Waals surface area contributed by atoms with Crippen molar-refractivity contribution in [3.8, 4) is 11.6 Å². The van der Waals surface area contributed by atoms with Gasteiger partial charge in [-0.2, -0.15) is 0 Å². The SMILES string of the molecule is CNc1cc(Oc2ccc(Cl)c(F)c2)ncn1. The highest BCUT2D eigenvalue weighted by atomic mass is 35.5. The van der Waals surface area contributed by atoms with Gasteiger partial charge in [0.25, 0.3) is 0 Å². The average molecular weight is 254 g/mol. The lowest BCUT2D eigenvalue weighted by atomic mass is 10.3. The van der Waals surface area contributed by atoms with Gasteiger partial charge >= 0.3 is 0 Å². The van der Waals surface area contributed by atoms with Gasteiger partial charge in [0.05, 0.1) is 5.02 Å². The molecule has 1 aromatic heterocycles. The van der Waals surface area contributed by atoms with Gasteiger partial charge in [0.1, 0.15) is 23.7 Å². The molecule has 17 heavy (non-hydrogen) atoms. The number of rotatable bonds is 3. The van der Waals surface area contributed by atoms with Gasteiger partial charge in [0, 0.05) is 19.2 Å². The highest BCUT2D eigenvalue weighted by molar-refractivity contribution is 6.30. The topological polar surface area (TPSA) is 47.0 Å². The molecule has 0 amide bonds. The third-order valence-corrected chi connectivity index (χ3v) is 2.32. The van der Waals surface area contributed by atoms with Crippen LogP contribution in [0.3, 0.4) is 0 Å². The number of benzene rings is 1. The first kappa shape index (κ1) is 11.6. The summed E-state index contributed by atoms with van der Waals surface area (Å²) in [7, 11) is 1.73. The number of anilines is 1. The fraction of sp³-hybridized carbons (Fsp3) is 0.0909. The van der Waals surface area contributed by atoms with Crippen molar-refractivity contribution in [1.82, 2.24) is 9.97 Å². The highest BCUT2D eigenvalue weighted by Gasteiger charge is 2.04. The maximum atomic E-state index is 13.2. The van der Waals surface area contributed by atoms with Crippen LogP contribution in [0.4, 0.5) is 10.2 Å². The van der Waals surface area contributed by atoms with E-state index in [1.165, 1.54) is 18.5 Å². The van der Waals surface area contributed by atoms with E-state index < -0.39 is 5.82 Å². The quantitative estimate of drug-likeness (QED) is 0.913. The molecule has 1 heterocycles. The second kappa shape index (κ2) is 4.97. The van der Waals surface area contributed by atoms with E-state index in [1.54, 1.807) is 19.2 Å². The molecule has 0 spiro atoms. The number of aromatic nitrogens is 2.